The van der Waals surface area contributed by atoms with Crippen molar-refractivity contribution in [3.63, 3.8) is 0 Å². The Morgan fingerprint density at radius 3 is 2.65 bits per heavy atom. The Hall–Kier alpha value is -1.15. The molecule has 1 aliphatic rings. The van der Waals surface area contributed by atoms with Crippen LogP contribution in [0.2, 0.25) is 0 Å². The molecule has 0 radical (unpaired) electrons. The van der Waals surface area contributed by atoms with E-state index in [0.717, 1.165) is 11.6 Å². The lowest BCUT2D eigenvalue weighted by molar-refractivity contribution is 0.922. The van der Waals surface area contributed by atoms with E-state index in [0.29, 0.717) is 0 Å². The van der Waals surface area contributed by atoms with Gasteiger partial charge in [-0.15, -0.1) is 11.3 Å². The standard InChI is InChI=1S/C15H17NS/c1-2-3-11-4-6-12(7-5-11)14-10-17-15(16-14)13-8-9-13/h4-7,10,13H,2-3,8-9H2,1H3. The van der Waals surface area contributed by atoms with Crippen LogP contribution in [-0.2, 0) is 6.42 Å². The summed E-state index contributed by atoms with van der Waals surface area (Å²) < 4.78 is 0. The monoisotopic (exact) mass is 243 g/mol. The normalized spacial score (nSPS) is 15.1. The summed E-state index contributed by atoms with van der Waals surface area (Å²) in [6.45, 7) is 2.22. The van der Waals surface area contributed by atoms with E-state index >= 15 is 0 Å². The Labute approximate surface area is 107 Å². The highest BCUT2D eigenvalue weighted by molar-refractivity contribution is 7.10. The fraction of sp³-hybridized carbons (Fsp3) is 0.400. The van der Waals surface area contributed by atoms with Crippen molar-refractivity contribution in [1.82, 2.24) is 4.98 Å². The Morgan fingerprint density at radius 1 is 1.24 bits per heavy atom. The van der Waals surface area contributed by atoms with Gasteiger partial charge in [0.25, 0.3) is 0 Å². The molecular weight excluding hydrogens is 226 g/mol. The molecule has 0 aliphatic heterocycles. The molecule has 0 saturated heterocycles. The molecule has 0 bridgehead atoms. The molecule has 1 aliphatic carbocycles. The van der Waals surface area contributed by atoms with Crippen LogP contribution in [0.3, 0.4) is 0 Å². The topological polar surface area (TPSA) is 12.9 Å². The molecule has 0 atom stereocenters. The number of nitrogens with zero attached hydrogens (tertiary/aromatic N) is 1. The Kier molecular flexibility index (Phi) is 2.98. The fourth-order valence-electron chi connectivity index (χ4n) is 2.07. The molecule has 1 heterocycles. The van der Waals surface area contributed by atoms with Crippen molar-refractivity contribution in [2.45, 2.75) is 38.5 Å². The maximum Gasteiger partial charge on any atom is 0.0963 e. The molecule has 1 saturated carbocycles. The second-order valence-corrected chi connectivity index (χ2v) is 5.68. The molecule has 0 spiro atoms. The number of benzene rings is 1. The third-order valence-electron chi connectivity index (χ3n) is 3.24. The molecular formula is C15H17NS. The van der Waals surface area contributed by atoms with E-state index in [2.05, 4.69) is 36.6 Å². The van der Waals surface area contributed by atoms with Crippen molar-refractivity contribution >= 4 is 11.3 Å². The van der Waals surface area contributed by atoms with Crippen molar-refractivity contribution in [1.29, 1.82) is 0 Å². The van der Waals surface area contributed by atoms with E-state index < -0.39 is 0 Å². The average Bonchev–Trinajstić information content (AvgIpc) is 3.09. The van der Waals surface area contributed by atoms with Gasteiger partial charge in [0, 0.05) is 16.9 Å². The van der Waals surface area contributed by atoms with Crippen molar-refractivity contribution in [3.05, 3.63) is 40.2 Å². The van der Waals surface area contributed by atoms with Crippen LogP contribution in [0, 0.1) is 0 Å². The summed E-state index contributed by atoms with van der Waals surface area (Å²) in [5, 5.41) is 3.53. The molecule has 1 fully saturated rings. The zero-order chi connectivity index (χ0) is 11.7. The van der Waals surface area contributed by atoms with Crippen LogP contribution in [0.15, 0.2) is 29.6 Å². The minimum atomic E-state index is 0.771. The predicted octanol–water partition coefficient (Wildman–Crippen LogP) is 4.64. The number of thiazole rings is 1. The second kappa shape index (κ2) is 4.61. The number of aromatic nitrogens is 1. The zero-order valence-electron chi connectivity index (χ0n) is 10.1. The first-order chi connectivity index (χ1) is 8.36. The Morgan fingerprint density at radius 2 is 2.00 bits per heavy atom. The van der Waals surface area contributed by atoms with Gasteiger partial charge in [-0.3, -0.25) is 0 Å². The number of aryl methyl sites for hydroxylation is 1. The highest BCUT2D eigenvalue weighted by Crippen LogP contribution is 2.42. The van der Waals surface area contributed by atoms with Gasteiger partial charge in [-0.2, -0.15) is 0 Å². The van der Waals surface area contributed by atoms with Gasteiger partial charge in [-0.25, -0.2) is 4.98 Å². The lowest BCUT2D eigenvalue weighted by Crippen LogP contribution is -1.84. The molecule has 88 valence electrons. The predicted molar refractivity (Wildman–Crippen MR) is 73.5 cm³/mol. The van der Waals surface area contributed by atoms with Crippen molar-refractivity contribution in [3.8, 4) is 11.3 Å². The molecule has 0 amide bonds. The smallest absolute Gasteiger partial charge is 0.0963 e. The molecule has 17 heavy (non-hydrogen) atoms. The lowest BCUT2D eigenvalue weighted by Gasteiger charge is -2.00. The highest BCUT2D eigenvalue weighted by atomic mass is 32.1. The molecule has 0 unspecified atom stereocenters. The Balaban J connectivity index is 1.81. The van der Waals surface area contributed by atoms with Gasteiger partial charge < -0.3 is 0 Å². The number of rotatable bonds is 4. The summed E-state index contributed by atoms with van der Waals surface area (Å²) in [5.41, 5.74) is 3.84. The molecule has 3 rings (SSSR count). The van der Waals surface area contributed by atoms with Gasteiger partial charge in [0.15, 0.2) is 0 Å². The summed E-state index contributed by atoms with van der Waals surface area (Å²) in [6, 6.07) is 8.87. The van der Waals surface area contributed by atoms with Crippen LogP contribution in [0.1, 0.15) is 42.7 Å². The van der Waals surface area contributed by atoms with Gasteiger partial charge in [0.1, 0.15) is 0 Å². The fourth-order valence-corrected chi connectivity index (χ4v) is 3.07. The largest absolute Gasteiger partial charge is 0.241 e. The molecule has 1 nitrogen and oxygen atoms in total. The molecule has 2 aromatic rings. The first kappa shape index (κ1) is 11.0. The van der Waals surface area contributed by atoms with Crippen molar-refractivity contribution < 1.29 is 0 Å². The van der Waals surface area contributed by atoms with Crippen LogP contribution in [0.5, 0.6) is 0 Å². The van der Waals surface area contributed by atoms with Gasteiger partial charge in [-0.05, 0) is 24.8 Å². The number of hydrogen-bond donors (Lipinski definition) is 0. The summed E-state index contributed by atoms with van der Waals surface area (Å²) in [6.07, 6.45) is 5.05. The van der Waals surface area contributed by atoms with E-state index in [1.54, 1.807) is 0 Å². The van der Waals surface area contributed by atoms with Gasteiger partial charge in [0.05, 0.1) is 10.7 Å². The summed E-state index contributed by atoms with van der Waals surface area (Å²) >= 11 is 1.82. The van der Waals surface area contributed by atoms with E-state index in [1.165, 1.54) is 41.8 Å². The minimum absolute atomic E-state index is 0.771. The summed E-state index contributed by atoms with van der Waals surface area (Å²) in [5.74, 6) is 0.771. The van der Waals surface area contributed by atoms with Gasteiger partial charge >= 0.3 is 0 Å². The molecule has 0 N–H and O–H groups in total. The van der Waals surface area contributed by atoms with E-state index in [-0.39, 0.29) is 0 Å². The average molecular weight is 243 g/mol. The highest BCUT2D eigenvalue weighted by Gasteiger charge is 2.26. The maximum absolute atomic E-state index is 4.74. The van der Waals surface area contributed by atoms with Crippen LogP contribution in [0.25, 0.3) is 11.3 Å². The molecule has 2 heteroatoms. The zero-order valence-corrected chi connectivity index (χ0v) is 11.0. The van der Waals surface area contributed by atoms with Gasteiger partial charge in [-0.1, -0.05) is 37.6 Å². The Bertz CT molecular complexity index is 494. The van der Waals surface area contributed by atoms with Crippen LogP contribution in [0.4, 0.5) is 0 Å². The first-order valence-electron chi connectivity index (χ1n) is 6.41. The maximum atomic E-state index is 4.74. The van der Waals surface area contributed by atoms with E-state index in [9.17, 15) is 0 Å². The van der Waals surface area contributed by atoms with Crippen LogP contribution >= 0.6 is 11.3 Å². The number of hydrogen-bond acceptors (Lipinski definition) is 2. The molecule has 1 aromatic heterocycles. The second-order valence-electron chi connectivity index (χ2n) is 4.79. The lowest BCUT2D eigenvalue weighted by atomic mass is 10.1. The van der Waals surface area contributed by atoms with Crippen LogP contribution < -0.4 is 0 Å². The molecule has 1 aromatic carbocycles. The summed E-state index contributed by atoms with van der Waals surface area (Å²) in [4.78, 5) is 4.74. The van der Waals surface area contributed by atoms with Crippen LogP contribution in [-0.4, -0.2) is 4.98 Å². The van der Waals surface area contributed by atoms with Gasteiger partial charge in [0.2, 0.25) is 0 Å². The quantitative estimate of drug-likeness (QED) is 0.762. The van der Waals surface area contributed by atoms with Crippen molar-refractivity contribution in [2.75, 3.05) is 0 Å². The SMILES string of the molecule is CCCc1ccc(-c2csc(C3CC3)n2)cc1. The van der Waals surface area contributed by atoms with E-state index in [4.69, 9.17) is 4.98 Å². The third kappa shape index (κ3) is 2.42. The third-order valence-corrected chi connectivity index (χ3v) is 4.24. The van der Waals surface area contributed by atoms with Crippen molar-refractivity contribution in [2.24, 2.45) is 0 Å². The summed E-state index contributed by atoms with van der Waals surface area (Å²) in [7, 11) is 0. The minimum Gasteiger partial charge on any atom is -0.241 e. The van der Waals surface area contributed by atoms with E-state index in [1.807, 2.05) is 11.3 Å². The first-order valence-corrected chi connectivity index (χ1v) is 7.29.